The second-order valence-electron chi connectivity index (χ2n) is 10.0. The normalized spacial score (nSPS) is 16.9. The van der Waals surface area contributed by atoms with Crippen LogP contribution < -0.4 is 16.0 Å². The van der Waals surface area contributed by atoms with Gasteiger partial charge in [0.15, 0.2) is 0 Å². The van der Waals surface area contributed by atoms with Gasteiger partial charge in [0.05, 0.1) is 5.29 Å². The Balaban J connectivity index is 1.43. The lowest BCUT2D eigenvalue weighted by molar-refractivity contribution is 0.0954. The molecular formula is C28H34N4O2. The highest BCUT2D eigenvalue weighted by Gasteiger charge is 2.25. The Hall–Kier alpha value is -3.25. The second-order valence-corrected chi connectivity index (χ2v) is 10.0. The maximum absolute atomic E-state index is 11.7. The van der Waals surface area contributed by atoms with Gasteiger partial charge in [0.2, 0.25) is 0 Å². The molecule has 0 saturated carbocycles. The van der Waals surface area contributed by atoms with E-state index in [2.05, 4.69) is 71.7 Å². The number of nitrogens with one attached hydrogen (secondary N) is 1. The monoisotopic (exact) mass is 458 g/mol. The quantitative estimate of drug-likeness (QED) is 0.372. The lowest BCUT2D eigenvalue weighted by Gasteiger charge is -2.36. The molecule has 34 heavy (non-hydrogen) atoms. The number of benzene rings is 1. The number of hydrogen-bond donors (Lipinski definition) is 1. The molecule has 178 valence electrons. The molecule has 1 aliphatic heterocycles. The second kappa shape index (κ2) is 10.3. The van der Waals surface area contributed by atoms with Gasteiger partial charge in [-0.25, -0.2) is 5.43 Å². The number of piperidine rings is 1. The van der Waals surface area contributed by atoms with Crippen LogP contribution in [0.4, 0.5) is 0 Å². The summed E-state index contributed by atoms with van der Waals surface area (Å²) in [6.45, 7) is 12.6. The molecule has 6 nitrogen and oxygen atoms in total. The Morgan fingerprint density at radius 3 is 2.59 bits per heavy atom. The molecule has 0 bridgehead atoms. The maximum Gasteiger partial charge on any atom is 0.273 e. The molecule has 1 saturated heterocycles. The van der Waals surface area contributed by atoms with E-state index < -0.39 is 5.91 Å². The number of carbonyl (C=O) groups is 1. The van der Waals surface area contributed by atoms with Gasteiger partial charge in [-0.1, -0.05) is 44.2 Å². The summed E-state index contributed by atoms with van der Waals surface area (Å²) in [6, 6.07) is 9.46. The van der Waals surface area contributed by atoms with Gasteiger partial charge in [-0.3, -0.25) is 4.79 Å². The molecule has 0 unspecified atom stereocenters. The first kappa shape index (κ1) is 23.9. The average molecular weight is 459 g/mol. The lowest BCUT2D eigenvalue weighted by Crippen LogP contribution is -2.39. The third-order valence-electron chi connectivity index (χ3n) is 6.99. The van der Waals surface area contributed by atoms with Crippen LogP contribution in [0, 0.1) is 16.2 Å². The zero-order valence-electron chi connectivity index (χ0n) is 20.2. The third kappa shape index (κ3) is 5.62. The number of rotatable bonds is 8. The highest BCUT2D eigenvalue weighted by Crippen LogP contribution is 2.28. The number of aromatic nitrogens is 1. The SMILES string of the molecule is C=CC(C)(C)CN1CCC(C2=CCC=c3c(ccn3Cc3ccc(C(=O)NN=O)cc3)=C2)CC1. The van der Waals surface area contributed by atoms with Crippen molar-refractivity contribution in [2.24, 2.45) is 16.6 Å². The number of hydrogen-bond acceptors (Lipinski definition) is 4. The fraction of sp³-hybridized carbons (Fsp3) is 0.393. The molecular weight excluding hydrogens is 424 g/mol. The molecule has 2 aliphatic rings. The topological polar surface area (TPSA) is 66.7 Å². The van der Waals surface area contributed by atoms with Crippen LogP contribution in [0.15, 0.2) is 66.1 Å². The Bertz CT molecular complexity index is 1200. The van der Waals surface area contributed by atoms with Crippen LogP contribution in [0.2, 0.25) is 0 Å². The predicted octanol–water partition coefficient (Wildman–Crippen LogP) is 3.76. The third-order valence-corrected chi connectivity index (χ3v) is 6.99. The van der Waals surface area contributed by atoms with Gasteiger partial charge < -0.3 is 9.47 Å². The first-order valence-corrected chi connectivity index (χ1v) is 12.0. The molecule has 1 aromatic heterocycles. The van der Waals surface area contributed by atoms with E-state index in [0.29, 0.717) is 11.5 Å². The number of allylic oxidation sites excluding steroid dienone is 2. The minimum absolute atomic E-state index is 0.160. The molecule has 1 amide bonds. The standard InChI is InChI=1S/C28H34N4O2/c1-4-28(2,3)20-31-15-12-22(13-16-31)24-6-5-7-26-25(18-24)14-17-32(26)19-21-8-10-23(11-9-21)27(33)29-30-34/h4,6-11,14,17-18,22H,1,5,12-13,15-16,19-20H2,2-3H3,(H,29,33,34). The Morgan fingerprint density at radius 2 is 1.91 bits per heavy atom. The smallest absolute Gasteiger partial charge is 0.273 e. The minimum atomic E-state index is -0.492. The zero-order valence-corrected chi connectivity index (χ0v) is 20.2. The molecule has 1 fully saturated rings. The number of nitroso groups, excluding NO2 is 1. The van der Waals surface area contributed by atoms with Crippen LogP contribution >= 0.6 is 0 Å². The van der Waals surface area contributed by atoms with Crippen molar-refractivity contribution < 1.29 is 4.79 Å². The first-order chi connectivity index (χ1) is 16.4. The van der Waals surface area contributed by atoms with Crippen LogP contribution in [-0.2, 0) is 6.54 Å². The molecule has 2 heterocycles. The van der Waals surface area contributed by atoms with Crippen LogP contribution in [0.3, 0.4) is 0 Å². The largest absolute Gasteiger partial charge is 0.343 e. The molecule has 0 spiro atoms. The van der Waals surface area contributed by atoms with Crippen molar-refractivity contribution in [1.82, 2.24) is 14.9 Å². The Labute approximate surface area is 201 Å². The van der Waals surface area contributed by atoms with Gasteiger partial charge in [0.1, 0.15) is 0 Å². The fourth-order valence-electron chi connectivity index (χ4n) is 4.96. The molecule has 6 heteroatoms. The van der Waals surface area contributed by atoms with E-state index in [1.165, 1.54) is 29.0 Å². The van der Waals surface area contributed by atoms with E-state index in [0.717, 1.165) is 38.2 Å². The van der Waals surface area contributed by atoms with Crippen molar-refractivity contribution in [3.05, 3.63) is 87.4 Å². The van der Waals surface area contributed by atoms with Gasteiger partial charge in [-0.05, 0) is 84.3 Å². The molecule has 4 rings (SSSR count). The summed E-state index contributed by atoms with van der Waals surface area (Å²) in [5.41, 5.74) is 5.06. The van der Waals surface area contributed by atoms with Crippen molar-refractivity contribution in [2.45, 2.75) is 39.7 Å². The number of likely N-dealkylation sites (tertiary alicyclic amines) is 1. The first-order valence-electron chi connectivity index (χ1n) is 12.0. The average Bonchev–Trinajstić information content (AvgIpc) is 3.07. The number of nitrogens with zero attached hydrogens (tertiary/aromatic N) is 3. The summed E-state index contributed by atoms with van der Waals surface area (Å²) in [5, 5.41) is 4.95. The zero-order chi connectivity index (χ0) is 24.1. The highest BCUT2D eigenvalue weighted by atomic mass is 16.3. The van der Waals surface area contributed by atoms with E-state index in [1.54, 1.807) is 12.1 Å². The summed E-state index contributed by atoms with van der Waals surface area (Å²) < 4.78 is 2.25. The molecule has 1 N–H and O–H groups in total. The van der Waals surface area contributed by atoms with Gasteiger partial charge in [-0.15, -0.1) is 11.5 Å². The Kier molecular flexibility index (Phi) is 7.27. The van der Waals surface area contributed by atoms with Gasteiger partial charge in [-0.2, -0.15) is 0 Å². The lowest BCUT2D eigenvalue weighted by atomic mass is 9.86. The molecule has 2 aromatic rings. The van der Waals surface area contributed by atoms with E-state index in [1.807, 2.05) is 17.6 Å². The van der Waals surface area contributed by atoms with E-state index >= 15 is 0 Å². The van der Waals surface area contributed by atoms with E-state index in [-0.39, 0.29) is 5.41 Å². The minimum Gasteiger partial charge on any atom is -0.343 e. The van der Waals surface area contributed by atoms with Gasteiger partial charge in [0, 0.05) is 30.2 Å². The van der Waals surface area contributed by atoms with E-state index in [4.69, 9.17) is 0 Å². The van der Waals surface area contributed by atoms with Crippen LogP contribution in [0.25, 0.3) is 12.2 Å². The number of carbonyl (C=O) groups excluding carboxylic acids is 1. The Morgan fingerprint density at radius 1 is 1.18 bits per heavy atom. The van der Waals surface area contributed by atoms with Crippen molar-refractivity contribution in [3.63, 3.8) is 0 Å². The maximum atomic E-state index is 11.7. The molecule has 0 atom stereocenters. The number of fused-ring (bicyclic) bond motifs is 1. The van der Waals surface area contributed by atoms with Crippen molar-refractivity contribution in [2.75, 3.05) is 19.6 Å². The predicted molar refractivity (Wildman–Crippen MR) is 137 cm³/mol. The van der Waals surface area contributed by atoms with Gasteiger partial charge >= 0.3 is 0 Å². The summed E-state index contributed by atoms with van der Waals surface area (Å²) in [6.07, 6.45) is 14.6. The van der Waals surface area contributed by atoms with Crippen LogP contribution in [0.5, 0.6) is 0 Å². The fourth-order valence-corrected chi connectivity index (χ4v) is 4.96. The van der Waals surface area contributed by atoms with Crippen molar-refractivity contribution in [1.29, 1.82) is 0 Å². The van der Waals surface area contributed by atoms with E-state index in [9.17, 15) is 9.70 Å². The molecule has 1 aliphatic carbocycles. The van der Waals surface area contributed by atoms with Crippen LogP contribution in [0.1, 0.15) is 49.0 Å². The summed E-state index contributed by atoms with van der Waals surface area (Å²) in [4.78, 5) is 24.5. The van der Waals surface area contributed by atoms with Gasteiger partial charge in [0.25, 0.3) is 5.91 Å². The number of amides is 1. The summed E-state index contributed by atoms with van der Waals surface area (Å²) >= 11 is 0. The summed E-state index contributed by atoms with van der Waals surface area (Å²) in [5.74, 6) is 0.124. The summed E-state index contributed by atoms with van der Waals surface area (Å²) in [7, 11) is 0. The highest BCUT2D eigenvalue weighted by molar-refractivity contribution is 5.93. The molecule has 1 aromatic carbocycles. The van der Waals surface area contributed by atoms with Crippen molar-refractivity contribution in [3.8, 4) is 0 Å². The van der Waals surface area contributed by atoms with Crippen LogP contribution in [-0.4, -0.2) is 35.0 Å². The van der Waals surface area contributed by atoms with Crippen molar-refractivity contribution >= 4 is 18.1 Å². The molecule has 0 radical (unpaired) electrons.